The highest BCUT2D eigenvalue weighted by atomic mass is 79.9. The molecule has 1 unspecified atom stereocenters. The SMILES string of the molecule is CCCC1CCCN(CC(=O)c2ccc(Br)s2)CC1. The molecule has 1 aromatic heterocycles. The number of hydrogen-bond donors (Lipinski definition) is 0. The Hall–Kier alpha value is -0.190. The molecule has 0 bridgehead atoms. The van der Waals surface area contributed by atoms with Crippen molar-refractivity contribution in [1.29, 1.82) is 0 Å². The van der Waals surface area contributed by atoms with Crippen LogP contribution in [-0.4, -0.2) is 30.3 Å². The number of Topliss-reactive ketones (excluding diaryl/α,β-unsaturated/α-hetero) is 1. The molecule has 0 aromatic carbocycles. The van der Waals surface area contributed by atoms with Crippen molar-refractivity contribution in [3.05, 3.63) is 20.8 Å². The number of carbonyl (C=O) groups is 1. The van der Waals surface area contributed by atoms with Gasteiger partial charge in [0.1, 0.15) is 0 Å². The van der Waals surface area contributed by atoms with E-state index in [4.69, 9.17) is 0 Å². The molecule has 1 aromatic rings. The summed E-state index contributed by atoms with van der Waals surface area (Å²) in [6.45, 7) is 5.02. The first kappa shape index (κ1) is 15.2. The van der Waals surface area contributed by atoms with Gasteiger partial charge in [-0.2, -0.15) is 0 Å². The molecule has 1 atom stereocenters. The molecule has 19 heavy (non-hydrogen) atoms. The van der Waals surface area contributed by atoms with E-state index in [2.05, 4.69) is 27.8 Å². The molecule has 1 aliphatic heterocycles. The average molecular weight is 344 g/mol. The molecule has 0 spiro atoms. The highest BCUT2D eigenvalue weighted by Crippen LogP contribution is 2.24. The van der Waals surface area contributed by atoms with Gasteiger partial charge in [0.25, 0.3) is 0 Å². The number of rotatable bonds is 5. The molecule has 1 aliphatic rings. The zero-order valence-corrected chi connectivity index (χ0v) is 13.9. The van der Waals surface area contributed by atoms with Crippen LogP contribution >= 0.6 is 27.3 Å². The molecule has 0 amide bonds. The van der Waals surface area contributed by atoms with E-state index in [-0.39, 0.29) is 5.78 Å². The van der Waals surface area contributed by atoms with Gasteiger partial charge in [0, 0.05) is 0 Å². The predicted molar refractivity (Wildman–Crippen MR) is 85.0 cm³/mol. The Morgan fingerprint density at radius 2 is 2.26 bits per heavy atom. The lowest BCUT2D eigenvalue weighted by Gasteiger charge is -2.18. The standard InChI is InChI=1S/C15H22BrNOS/c1-2-4-12-5-3-9-17(10-8-12)11-13(18)14-6-7-15(16)19-14/h6-7,12H,2-5,8-11H2,1H3. The van der Waals surface area contributed by atoms with E-state index in [1.807, 2.05) is 12.1 Å². The van der Waals surface area contributed by atoms with Crippen molar-refractivity contribution in [3.8, 4) is 0 Å². The highest BCUT2D eigenvalue weighted by Gasteiger charge is 2.19. The molecule has 2 rings (SSSR count). The Morgan fingerprint density at radius 1 is 1.42 bits per heavy atom. The third-order valence-corrected chi connectivity index (χ3v) is 5.52. The molecular formula is C15H22BrNOS. The van der Waals surface area contributed by atoms with Gasteiger partial charge in [-0.25, -0.2) is 0 Å². The van der Waals surface area contributed by atoms with Gasteiger partial charge in [0.15, 0.2) is 5.78 Å². The highest BCUT2D eigenvalue weighted by molar-refractivity contribution is 9.11. The number of ketones is 1. The van der Waals surface area contributed by atoms with E-state index in [1.54, 1.807) is 0 Å². The molecule has 2 nitrogen and oxygen atoms in total. The van der Waals surface area contributed by atoms with Crippen LogP contribution in [-0.2, 0) is 0 Å². The summed E-state index contributed by atoms with van der Waals surface area (Å²) < 4.78 is 1.04. The van der Waals surface area contributed by atoms with Crippen LogP contribution in [0.1, 0.15) is 48.7 Å². The Labute approximate surface area is 128 Å². The van der Waals surface area contributed by atoms with Gasteiger partial charge in [-0.05, 0) is 66.3 Å². The molecular weight excluding hydrogens is 322 g/mol. The van der Waals surface area contributed by atoms with Crippen molar-refractivity contribution in [1.82, 2.24) is 4.90 Å². The third kappa shape index (κ3) is 4.69. The first-order valence-electron chi connectivity index (χ1n) is 7.20. The third-order valence-electron chi connectivity index (χ3n) is 3.85. The van der Waals surface area contributed by atoms with Gasteiger partial charge in [0.2, 0.25) is 0 Å². The van der Waals surface area contributed by atoms with Crippen LogP contribution in [0.2, 0.25) is 0 Å². The minimum Gasteiger partial charge on any atom is -0.296 e. The van der Waals surface area contributed by atoms with Crippen LogP contribution in [0.5, 0.6) is 0 Å². The smallest absolute Gasteiger partial charge is 0.186 e. The lowest BCUT2D eigenvalue weighted by Crippen LogP contribution is -2.30. The van der Waals surface area contributed by atoms with Gasteiger partial charge < -0.3 is 0 Å². The minimum atomic E-state index is 0.268. The molecule has 1 saturated heterocycles. The zero-order valence-electron chi connectivity index (χ0n) is 11.5. The van der Waals surface area contributed by atoms with Gasteiger partial charge in [-0.15, -0.1) is 11.3 Å². The summed E-state index contributed by atoms with van der Waals surface area (Å²) in [4.78, 5) is 15.4. The summed E-state index contributed by atoms with van der Waals surface area (Å²) >= 11 is 4.95. The predicted octanol–water partition coefficient (Wildman–Crippen LogP) is 4.60. The van der Waals surface area contributed by atoms with E-state index in [1.165, 1.54) is 43.4 Å². The monoisotopic (exact) mass is 343 g/mol. The zero-order chi connectivity index (χ0) is 13.7. The van der Waals surface area contributed by atoms with Crippen LogP contribution in [0.3, 0.4) is 0 Å². The summed E-state index contributed by atoms with van der Waals surface area (Å²) in [5.41, 5.74) is 0. The van der Waals surface area contributed by atoms with E-state index >= 15 is 0 Å². The van der Waals surface area contributed by atoms with Crippen molar-refractivity contribution in [3.63, 3.8) is 0 Å². The van der Waals surface area contributed by atoms with Crippen molar-refractivity contribution in [2.75, 3.05) is 19.6 Å². The number of halogens is 1. The Morgan fingerprint density at radius 3 is 2.95 bits per heavy atom. The fraction of sp³-hybridized carbons (Fsp3) is 0.667. The van der Waals surface area contributed by atoms with E-state index < -0.39 is 0 Å². The van der Waals surface area contributed by atoms with Crippen molar-refractivity contribution in [2.45, 2.75) is 39.0 Å². The Bertz CT molecular complexity index is 418. The second-order valence-corrected chi connectivity index (χ2v) is 7.85. The van der Waals surface area contributed by atoms with Gasteiger partial charge in [-0.1, -0.05) is 19.8 Å². The van der Waals surface area contributed by atoms with Crippen molar-refractivity contribution < 1.29 is 4.79 Å². The van der Waals surface area contributed by atoms with E-state index in [9.17, 15) is 4.79 Å². The number of nitrogens with zero attached hydrogens (tertiary/aromatic N) is 1. The van der Waals surface area contributed by atoms with Gasteiger partial charge in [-0.3, -0.25) is 9.69 Å². The lowest BCUT2D eigenvalue weighted by atomic mass is 9.96. The molecule has 0 radical (unpaired) electrons. The number of hydrogen-bond acceptors (Lipinski definition) is 3. The fourth-order valence-electron chi connectivity index (χ4n) is 2.83. The summed E-state index contributed by atoms with van der Waals surface area (Å²) in [5, 5.41) is 0. The first-order chi connectivity index (χ1) is 9.19. The number of thiophene rings is 1. The van der Waals surface area contributed by atoms with Crippen LogP contribution in [0, 0.1) is 5.92 Å². The molecule has 0 aliphatic carbocycles. The normalized spacial score (nSPS) is 21.3. The Balaban J connectivity index is 1.84. The fourth-order valence-corrected chi connectivity index (χ4v) is 4.14. The molecule has 0 N–H and O–H groups in total. The van der Waals surface area contributed by atoms with Crippen LogP contribution < -0.4 is 0 Å². The second kappa shape index (κ2) is 7.55. The Kier molecular flexibility index (Phi) is 6.05. The minimum absolute atomic E-state index is 0.268. The maximum atomic E-state index is 12.2. The largest absolute Gasteiger partial charge is 0.296 e. The lowest BCUT2D eigenvalue weighted by molar-refractivity contribution is 0.0936. The summed E-state index contributed by atoms with van der Waals surface area (Å²) in [6, 6.07) is 3.88. The topological polar surface area (TPSA) is 20.3 Å². The van der Waals surface area contributed by atoms with Crippen molar-refractivity contribution >= 4 is 33.0 Å². The average Bonchev–Trinajstić information content (AvgIpc) is 2.70. The molecule has 2 heterocycles. The summed E-state index contributed by atoms with van der Waals surface area (Å²) in [6.07, 6.45) is 6.47. The van der Waals surface area contributed by atoms with Crippen LogP contribution in [0.4, 0.5) is 0 Å². The molecule has 1 fully saturated rings. The van der Waals surface area contributed by atoms with Crippen molar-refractivity contribution in [2.24, 2.45) is 5.92 Å². The summed E-state index contributed by atoms with van der Waals surface area (Å²) in [7, 11) is 0. The van der Waals surface area contributed by atoms with Gasteiger partial charge in [0.05, 0.1) is 15.2 Å². The van der Waals surface area contributed by atoms with E-state index in [0.717, 1.165) is 27.7 Å². The van der Waals surface area contributed by atoms with Crippen LogP contribution in [0.15, 0.2) is 15.9 Å². The maximum Gasteiger partial charge on any atom is 0.186 e. The van der Waals surface area contributed by atoms with E-state index in [0.29, 0.717) is 6.54 Å². The quantitative estimate of drug-likeness (QED) is 0.728. The van der Waals surface area contributed by atoms with Crippen LogP contribution in [0.25, 0.3) is 0 Å². The first-order valence-corrected chi connectivity index (χ1v) is 8.81. The number of carbonyl (C=O) groups excluding carboxylic acids is 1. The van der Waals surface area contributed by atoms with Gasteiger partial charge >= 0.3 is 0 Å². The maximum absolute atomic E-state index is 12.2. The number of likely N-dealkylation sites (tertiary alicyclic amines) is 1. The summed E-state index contributed by atoms with van der Waals surface area (Å²) in [5.74, 6) is 1.14. The second-order valence-electron chi connectivity index (χ2n) is 5.39. The molecule has 106 valence electrons. The molecule has 0 saturated carbocycles. The molecule has 4 heteroatoms.